The zero-order valence-corrected chi connectivity index (χ0v) is 75.0. The molecule has 0 unspecified atom stereocenters. The molecule has 3 rings (SSSR count). The molecule has 718 valence electrons. The Morgan fingerprint density at radius 2 is 0.806 bits per heavy atom. The number of primary amides is 1. The number of carboxylic acid groups (broad SMARTS) is 2. The number of aliphatic hydroxyl groups excluding tert-OH is 1. The summed E-state index contributed by atoms with van der Waals surface area (Å²) < 4.78 is 0. The largest absolute Gasteiger partial charge is 0.481 e. The van der Waals surface area contributed by atoms with Gasteiger partial charge in [0.15, 0.2) is 17.9 Å². The second-order valence-corrected chi connectivity index (χ2v) is 33.0. The number of carboxylic acids is 2. The van der Waals surface area contributed by atoms with Crippen molar-refractivity contribution < 1.29 is 96.8 Å². The van der Waals surface area contributed by atoms with Crippen LogP contribution in [0.4, 0.5) is 0 Å². The Morgan fingerprint density at radius 3 is 1.19 bits per heavy atom. The van der Waals surface area contributed by atoms with Crippen LogP contribution in [0.2, 0.25) is 0 Å². The lowest BCUT2D eigenvalue weighted by Crippen LogP contribution is -2.61. The van der Waals surface area contributed by atoms with Gasteiger partial charge >= 0.3 is 11.9 Å². The molecule has 1 fully saturated rings. The summed E-state index contributed by atoms with van der Waals surface area (Å²) in [5, 5.41) is 99.1. The van der Waals surface area contributed by atoms with E-state index in [9.17, 15) is 96.8 Å². The molecule has 14 atom stereocenters. The smallest absolute Gasteiger partial charge is 0.326 e. The van der Waals surface area contributed by atoms with Crippen molar-refractivity contribution in [2.75, 3.05) is 63.6 Å². The maximum Gasteiger partial charge on any atom is 0.326 e. The summed E-state index contributed by atoms with van der Waals surface area (Å²) in [6.45, 7) is 5.61. The average Bonchev–Trinajstić information content (AvgIpc) is 1.36. The maximum absolute atomic E-state index is 14.9. The minimum Gasteiger partial charge on any atom is -0.481 e. The van der Waals surface area contributed by atoms with Crippen LogP contribution in [0.25, 0.3) is 0 Å². The fourth-order valence-corrected chi connectivity index (χ4v) is 14.0. The van der Waals surface area contributed by atoms with E-state index in [0.29, 0.717) is 36.9 Å². The predicted molar refractivity (Wildman–Crippen MR) is 481 cm³/mol. The van der Waals surface area contributed by atoms with Crippen LogP contribution in [-0.4, -0.2) is 282 Å². The molecule has 0 aromatic heterocycles. The molecule has 0 bridgehead atoms. The van der Waals surface area contributed by atoms with Crippen LogP contribution in [0.1, 0.15) is 148 Å². The molecule has 0 saturated carbocycles. The molecule has 0 radical (unpaired) electrons. The molecule has 1 aliphatic rings. The summed E-state index contributed by atoms with van der Waals surface area (Å²) >= 11 is 5.69. The number of nitrogens with two attached hydrogens (primary N) is 5. The first kappa shape index (κ1) is 111. The Hall–Kier alpha value is -12.2. The molecule has 2 aromatic carbocycles. The van der Waals surface area contributed by atoms with Crippen LogP contribution >= 0.6 is 24.4 Å². The van der Waals surface area contributed by atoms with Crippen molar-refractivity contribution in [2.24, 2.45) is 40.5 Å². The van der Waals surface area contributed by atoms with Crippen molar-refractivity contribution >= 4 is 143 Å². The molecule has 2 aromatic rings. The van der Waals surface area contributed by atoms with Gasteiger partial charge in [-0.2, -0.15) is 24.4 Å². The number of rotatable bonds is 63. The quantitative estimate of drug-likeness (QED) is 0.0127. The number of hydrogen-bond acceptors (Lipinski definition) is 25. The Morgan fingerprint density at radius 1 is 0.442 bits per heavy atom. The average molecular weight is 1850 g/mol. The highest BCUT2D eigenvalue weighted by Gasteiger charge is 2.39. The molecule has 34 N–H and O–H groups in total. The van der Waals surface area contributed by atoms with E-state index in [1.165, 1.54) is 11.8 Å². The van der Waals surface area contributed by atoms with Gasteiger partial charge in [-0.15, -0.1) is 0 Å². The molecule has 1 saturated heterocycles. The van der Waals surface area contributed by atoms with Gasteiger partial charge in [0.25, 0.3) is 0 Å². The van der Waals surface area contributed by atoms with E-state index >= 15 is 0 Å². The van der Waals surface area contributed by atoms with E-state index < -0.39 is 241 Å². The fraction of sp³-hybridized carbons (Fsp3) is 0.605. The highest BCUT2D eigenvalue weighted by Crippen LogP contribution is 2.16. The minimum atomic E-state index is -1.89. The van der Waals surface area contributed by atoms with Gasteiger partial charge in [-0.25, -0.2) is 4.79 Å². The first-order valence-electron chi connectivity index (χ1n) is 42.6. The zero-order valence-electron chi connectivity index (χ0n) is 73.3. The number of hydrogen-bond donors (Lipinski definition) is 30. The summed E-state index contributed by atoms with van der Waals surface area (Å²) in [6, 6.07) is -4.42. The number of unbranched alkanes of at least 4 members (excludes halogenated alkanes) is 1. The monoisotopic (exact) mass is 1850 g/mol. The third kappa shape index (κ3) is 44.9. The van der Waals surface area contributed by atoms with Crippen molar-refractivity contribution in [2.45, 2.75) is 234 Å². The topological polar surface area (TPSA) is 769 Å². The van der Waals surface area contributed by atoms with Crippen molar-refractivity contribution in [1.29, 1.82) is 16.2 Å². The zero-order chi connectivity index (χ0) is 96.2. The summed E-state index contributed by atoms with van der Waals surface area (Å²) in [6.07, 6.45) is 0.303. The summed E-state index contributed by atoms with van der Waals surface area (Å²) in [4.78, 5) is 236. The van der Waals surface area contributed by atoms with E-state index in [-0.39, 0.29) is 128 Å². The number of carbonyl (C=O) groups excluding carboxylic acids is 15. The maximum atomic E-state index is 14.9. The van der Waals surface area contributed by atoms with Crippen LogP contribution in [-0.2, 0) is 94.3 Å². The van der Waals surface area contributed by atoms with Crippen molar-refractivity contribution in [1.82, 2.24) is 95.7 Å². The Kier molecular flexibility index (Phi) is 52.1. The second kappa shape index (κ2) is 60.5. The highest BCUT2D eigenvalue weighted by molar-refractivity contribution is 7.98. The van der Waals surface area contributed by atoms with E-state index in [4.69, 9.17) is 44.9 Å². The normalized spacial score (nSPS) is 15.2. The van der Waals surface area contributed by atoms with Gasteiger partial charge in [-0.05, 0) is 144 Å². The van der Waals surface area contributed by atoms with Gasteiger partial charge in [0.1, 0.15) is 78.5 Å². The molecule has 1 aliphatic heterocycles. The number of benzene rings is 2. The third-order valence-corrected chi connectivity index (χ3v) is 20.9. The summed E-state index contributed by atoms with van der Waals surface area (Å²) in [5.74, 6) is -19.4. The standard InChI is InChI=1S/C81H132N26O20S2/c1-44(2)36-55(103-71(119)53(27-28-64(111)112)100-66(114)48-23-14-31-90-48)73(121)101-54(29-35-129-5)72(120)98-52(26-17-34-93-81(88)89)70(118)107-61(43-128)77(125)99-49(22-12-13-30-82)67(115)96-50(24-15-32-91-79(84)85)68(116)97-51(25-16-33-92-80(86)87)69(117)102-56(37-45(3)4)74(122)105-58(40-62(83)109)76(124)104-57(38-46-18-8-6-9-19-46)75(123)106-60(42-108)65(113)94-41-63(110)95-59(78(126)127)39-47-20-10-7-11-21-47/h6-11,18-21,44-45,48-61,90,108,128H,12-17,22-43,82H2,1-5H3,(H2,83,109)(H,94,113)(H,95,110)(H,96,115)(H,97,116)(H,98,120)(H,99,125)(H,100,114)(H,101,121)(H,102,117)(H,103,119)(H,104,124)(H,105,122)(H,106,123)(H,107,118)(H,111,112)(H,126,127)(H4,84,85,91)(H4,86,87,92)(H4,88,89,93)/t48-,49-,50-,51-,52-,53-,54-,55-,56-,57-,58-,59-,60-,61-/m0/s1. The molecule has 1 heterocycles. The van der Waals surface area contributed by atoms with Crippen LogP contribution in [0.3, 0.4) is 0 Å². The molecular formula is C81H132N26O20S2. The summed E-state index contributed by atoms with van der Waals surface area (Å²) in [7, 11) is 0. The van der Waals surface area contributed by atoms with Gasteiger partial charge < -0.3 is 140 Å². The molecule has 46 nitrogen and oxygen atoms in total. The fourth-order valence-electron chi connectivity index (χ4n) is 13.2. The molecular weight excluding hydrogens is 1720 g/mol. The van der Waals surface area contributed by atoms with E-state index in [1.54, 1.807) is 94.6 Å². The van der Waals surface area contributed by atoms with E-state index in [0.717, 1.165) is 0 Å². The SMILES string of the molecule is CSCC[C@H](NC(=O)[C@H](CC(C)C)NC(=O)[C@H](CCC(=O)O)NC(=O)[C@@H]1CCCN1)C(=O)N[C@@H](CCCNC(=N)N)C(=O)N[C@@H](CS)C(=O)N[C@@H](CCCCN)C(=O)N[C@@H](CCCNC(=N)N)C(=O)N[C@@H](CCCNC(=N)N)C(=O)N[C@@H](CC(C)C)C(=O)N[C@@H](CC(N)=O)C(=O)N[C@@H](Cc1ccccc1)C(=O)N[C@@H](CO)C(=O)NCC(=O)N[C@@H](Cc1ccccc1)C(=O)O. The number of aliphatic carboxylic acids is 2. The highest BCUT2D eigenvalue weighted by atomic mass is 32.2. The van der Waals surface area contributed by atoms with Crippen LogP contribution in [0.15, 0.2) is 60.7 Å². The Labute approximate surface area is 758 Å². The van der Waals surface area contributed by atoms with Crippen molar-refractivity contribution in [3.63, 3.8) is 0 Å². The first-order chi connectivity index (χ1) is 61.2. The van der Waals surface area contributed by atoms with E-state index in [2.05, 4.69) is 108 Å². The third-order valence-electron chi connectivity index (χ3n) is 19.9. The molecule has 0 aliphatic carbocycles. The summed E-state index contributed by atoms with van der Waals surface area (Å²) in [5.41, 5.74) is 29.2. The number of guanidine groups is 3. The van der Waals surface area contributed by atoms with Crippen LogP contribution in [0, 0.1) is 28.1 Å². The molecule has 0 spiro atoms. The Bertz CT molecular complexity index is 4060. The molecule has 129 heavy (non-hydrogen) atoms. The van der Waals surface area contributed by atoms with Crippen LogP contribution in [0.5, 0.6) is 0 Å². The van der Waals surface area contributed by atoms with Gasteiger partial charge in [-0.3, -0.25) is 92.9 Å². The minimum absolute atomic E-state index is 0.00351. The van der Waals surface area contributed by atoms with Gasteiger partial charge in [-0.1, -0.05) is 88.4 Å². The lowest BCUT2D eigenvalue weighted by Gasteiger charge is -2.29. The lowest BCUT2D eigenvalue weighted by atomic mass is 10.0. The number of nitrogens with one attached hydrogen (secondary N) is 21. The van der Waals surface area contributed by atoms with Crippen LogP contribution < -0.4 is 124 Å². The van der Waals surface area contributed by atoms with E-state index in [1.807, 2.05) is 0 Å². The number of thiol groups is 1. The lowest BCUT2D eigenvalue weighted by molar-refractivity contribution is -0.142. The van der Waals surface area contributed by atoms with Crippen molar-refractivity contribution in [3.8, 4) is 0 Å². The molecule has 48 heteroatoms. The number of amides is 15. The Balaban J connectivity index is 1.98. The first-order valence-corrected chi connectivity index (χ1v) is 44.6. The number of aliphatic hydroxyl groups is 1. The van der Waals surface area contributed by atoms with Gasteiger partial charge in [0, 0.05) is 44.6 Å². The number of carbonyl (C=O) groups is 17. The predicted octanol–water partition coefficient (Wildman–Crippen LogP) is -6.85. The van der Waals surface area contributed by atoms with Crippen molar-refractivity contribution in [3.05, 3.63) is 71.8 Å². The van der Waals surface area contributed by atoms with Gasteiger partial charge in [0.2, 0.25) is 88.6 Å². The second-order valence-electron chi connectivity index (χ2n) is 31.7. The van der Waals surface area contributed by atoms with Gasteiger partial charge in [0.05, 0.1) is 25.6 Å². The molecule has 15 amide bonds. The number of thioether (sulfide) groups is 1.